The Kier molecular flexibility index (Phi) is 3.33. The number of para-hydroxylation sites is 1. The van der Waals surface area contributed by atoms with Gasteiger partial charge in [-0.3, -0.25) is 10.1 Å². The van der Waals surface area contributed by atoms with E-state index in [1.165, 1.54) is 24.3 Å². The molecule has 0 spiro atoms. The Hall–Kier alpha value is -2.63. The van der Waals surface area contributed by atoms with E-state index in [2.05, 4.69) is 5.32 Å². The lowest BCUT2D eigenvalue weighted by atomic mass is 10.2. The van der Waals surface area contributed by atoms with E-state index < -0.39 is 10.7 Å². The Labute approximate surface area is 109 Å². The standard InChI is InChI=1S/C13H12FN3O2/c1-8-5-9(14)7-10(6-8)16-12-4-2-3-11(15)13(12)17(18)19/h2-7,16H,15H2,1H3. The number of nitrogens with zero attached hydrogens (tertiary/aromatic N) is 1. The highest BCUT2D eigenvalue weighted by molar-refractivity contribution is 5.78. The smallest absolute Gasteiger partial charge is 0.315 e. The minimum atomic E-state index is -0.566. The molecule has 98 valence electrons. The van der Waals surface area contributed by atoms with E-state index in [1.54, 1.807) is 19.1 Å². The van der Waals surface area contributed by atoms with E-state index in [0.29, 0.717) is 11.3 Å². The van der Waals surface area contributed by atoms with Gasteiger partial charge in [-0.15, -0.1) is 0 Å². The molecule has 2 aromatic carbocycles. The quantitative estimate of drug-likeness (QED) is 0.504. The summed E-state index contributed by atoms with van der Waals surface area (Å²) >= 11 is 0. The summed E-state index contributed by atoms with van der Waals surface area (Å²) in [6.45, 7) is 1.74. The third-order valence-corrected chi connectivity index (χ3v) is 2.57. The summed E-state index contributed by atoms with van der Waals surface area (Å²) < 4.78 is 13.3. The van der Waals surface area contributed by atoms with Crippen molar-refractivity contribution in [3.8, 4) is 0 Å². The molecule has 0 aliphatic carbocycles. The summed E-state index contributed by atoms with van der Waals surface area (Å²) in [5.74, 6) is -0.408. The lowest BCUT2D eigenvalue weighted by Crippen LogP contribution is -2.01. The maximum atomic E-state index is 13.3. The van der Waals surface area contributed by atoms with Gasteiger partial charge in [0.25, 0.3) is 0 Å². The Morgan fingerprint density at radius 2 is 2.05 bits per heavy atom. The van der Waals surface area contributed by atoms with E-state index in [0.717, 1.165) is 0 Å². The third-order valence-electron chi connectivity index (χ3n) is 2.57. The van der Waals surface area contributed by atoms with Crippen LogP contribution in [0.4, 0.5) is 27.1 Å². The van der Waals surface area contributed by atoms with Crippen molar-refractivity contribution in [1.29, 1.82) is 0 Å². The van der Waals surface area contributed by atoms with Gasteiger partial charge in [0.15, 0.2) is 0 Å². The van der Waals surface area contributed by atoms with Crippen molar-refractivity contribution >= 4 is 22.7 Å². The van der Waals surface area contributed by atoms with Crippen molar-refractivity contribution in [2.75, 3.05) is 11.1 Å². The molecule has 0 saturated carbocycles. The average molecular weight is 261 g/mol. The van der Waals surface area contributed by atoms with Gasteiger partial charge in [-0.2, -0.15) is 0 Å². The van der Waals surface area contributed by atoms with Gasteiger partial charge in [-0.05, 0) is 42.8 Å². The van der Waals surface area contributed by atoms with E-state index >= 15 is 0 Å². The summed E-state index contributed by atoms with van der Waals surface area (Å²) in [5, 5.41) is 13.8. The maximum absolute atomic E-state index is 13.3. The average Bonchev–Trinajstić information content (AvgIpc) is 2.26. The van der Waals surface area contributed by atoms with Crippen LogP contribution in [0.5, 0.6) is 0 Å². The number of anilines is 3. The summed E-state index contributed by atoms with van der Waals surface area (Å²) in [6, 6.07) is 8.89. The van der Waals surface area contributed by atoms with Crippen molar-refractivity contribution in [1.82, 2.24) is 0 Å². The molecule has 3 N–H and O–H groups in total. The van der Waals surface area contributed by atoms with Gasteiger partial charge in [0.2, 0.25) is 0 Å². The number of rotatable bonds is 3. The fourth-order valence-electron chi connectivity index (χ4n) is 1.83. The van der Waals surface area contributed by atoms with Crippen LogP contribution in [-0.4, -0.2) is 4.92 Å². The first-order valence-electron chi connectivity index (χ1n) is 5.54. The summed E-state index contributed by atoms with van der Waals surface area (Å²) in [7, 11) is 0. The van der Waals surface area contributed by atoms with Crippen LogP contribution in [-0.2, 0) is 0 Å². The molecule has 6 heteroatoms. The van der Waals surface area contributed by atoms with Crippen molar-refractivity contribution in [2.24, 2.45) is 0 Å². The first-order valence-corrected chi connectivity index (χ1v) is 5.54. The fraction of sp³-hybridized carbons (Fsp3) is 0.0769. The zero-order chi connectivity index (χ0) is 14.0. The van der Waals surface area contributed by atoms with E-state index in [4.69, 9.17) is 5.73 Å². The minimum Gasteiger partial charge on any atom is -0.393 e. The minimum absolute atomic E-state index is 0.0584. The summed E-state index contributed by atoms with van der Waals surface area (Å²) in [5.41, 5.74) is 6.80. The summed E-state index contributed by atoms with van der Waals surface area (Å²) in [4.78, 5) is 10.4. The molecule has 0 fully saturated rings. The molecule has 0 bridgehead atoms. The monoisotopic (exact) mass is 261 g/mol. The highest BCUT2D eigenvalue weighted by Crippen LogP contribution is 2.32. The van der Waals surface area contributed by atoms with Crippen molar-refractivity contribution in [3.63, 3.8) is 0 Å². The number of nitro groups is 1. The van der Waals surface area contributed by atoms with Crippen LogP contribution in [0.2, 0.25) is 0 Å². The number of hydrogen-bond donors (Lipinski definition) is 2. The van der Waals surface area contributed by atoms with Crippen molar-refractivity contribution in [2.45, 2.75) is 6.92 Å². The molecule has 0 aliphatic rings. The molecule has 2 aromatic rings. The Morgan fingerprint density at radius 3 is 2.68 bits per heavy atom. The zero-order valence-electron chi connectivity index (χ0n) is 10.2. The van der Waals surface area contributed by atoms with Gasteiger partial charge in [0.05, 0.1) is 4.92 Å². The van der Waals surface area contributed by atoms with Gasteiger partial charge >= 0.3 is 5.69 Å². The van der Waals surface area contributed by atoms with Crippen LogP contribution in [0.25, 0.3) is 0 Å². The largest absolute Gasteiger partial charge is 0.393 e. The van der Waals surface area contributed by atoms with Crippen LogP contribution in [0, 0.1) is 22.9 Å². The second kappa shape index (κ2) is 4.93. The van der Waals surface area contributed by atoms with E-state index in [-0.39, 0.29) is 17.1 Å². The molecule has 0 saturated heterocycles. The third kappa shape index (κ3) is 2.79. The SMILES string of the molecule is Cc1cc(F)cc(Nc2cccc(N)c2[N+](=O)[O-])c1. The Balaban J connectivity index is 2.43. The number of halogens is 1. The van der Waals surface area contributed by atoms with Gasteiger partial charge < -0.3 is 11.1 Å². The number of nitrogen functional groups attached to an aromatic ring is 1. The molecule has 0 aliphatic heterocycles. The fourth-order valence-corrected chi connectivity index (χ4v) is 1.83. The molecule has 0 radical (unpaired) electrons. The topological polar surface area (TPSA) is 81.2 Å². The van der Waals surface area contributed by atoms with E-state index in [1.807, 2.05) is 0 Å². The van der Waals surface area contributed by atoms with E-state index in [9.17, 15) is 14.5 Å². The predicted octanol–water partition coefficient (Wildman–Crippen LogP) is 3.37. The lowest BCUT2D eigenvalue weighted by molar-refractivity contribution is -0.383. The molecular formula is C13H12FN3O2. The van der Waals surface area contributed by atoms with Gasteiger partial charge in [-0.1, -0.05) is 6.07 Å². The molecule has 5 nitrogen and oxygen atoms in total. The molecule has 0 heterocycles. The van der Waals surface area contributed by atoms with Crippen LogP contribution >= 0.6 is 0 Å². The molecule has 0 atom stereocenters. The second-order valence-electron chi connectivity index (χ2n) is 4.14. The molecule has 0 amide bonds. The molecular weight excluding hydrogens is 249 g/mol. The van der Waals surface area contributed by atoms with Gasteiger partial charge in [0.1, 0.15) is 17.2 Å². The van der Waals surface area contributed by atoms with Gasteiger partial charge in [0, 0.05) is 5.69 Å². The summed E-state index contributed by atoms with van der Waals surface area (Å²) in [6.07, 6.45) is 0. The number of benzene rings is 2. The van der Waals surface area contributed by atoms with Crippen LogP contribution in [0.15, 0.2) is 36.4 Å². The second-order valence-corrected chi connectivity index (χ2v) is 4.14. The number of nitrogens with one attached hydrogen (secondary N) is 1. The van der Waals surface area contributed by atoms with Gasteiger partial charge in [-0.25, -0.2) is 4.39 Å². The number of nitro benzene ring substituents is 1. The first-order chi connectivity index (χ1) is 8.97. The predicted molar refractivity (Wildman–Crippen MR) is 71.9 cm³/mol. The highest BCUT2D eigenvalue weighted by atomic mass is 19.1. The highest BCUT2D eigenvalue weighted by Gasteiger charge is 2.17. The number of nitrogens with two attached hydrogens (primary N) is 1. The lowest BCUT2D eigenvalue weighted by Gasteiger charge is -2.09. The number of hydrogen-bond acceptors (Lipinski definition) is 4. The first kappa shape index (κ1) is 12.8. The molecule has 2 rings (SSSR count). The zero-order valence-corrected chi connectivity index (χ0v) is 10.2. The maximum Gasteiger partial charge on any atom is 0.315 e. The molecule has 0 unspecified atom stereocenters. The number of aryl methyl sites for hydroxylation is 1. The molecule has 0 aromatic heterocycles. The van der Waals surface area contributed by atoms with Crippen LogP contribution < -0.4 is 11.1 Å². The Bertz CT molecular complexity index is 624. The van der Waals surface area contributed by atoms with Crippen molar-refractivity contribution in [3.05, 3.63) is 57.9 Å². The Morgan fingerprint density at radius 1 is 1.32 bits per heavy atom. The molecule has 19 heavy (non-hydrogen) atoms. The van der Waals surface area contributed by atoms with Crippen molar-refractivity contribution < 1.29 is 9.31 Å². The van der Waals surface area contributed by atoms with Crippen LogP contribution in [0.3, 0.4) is 0 Å². The van der Waals surface area contributed by atoms with Crippen LogP contribution in [0.1, 0.15) is 5.56 Å². The normalized spacial score (nSPS) is 10.2.